The van der Waals surface area contributed by atoms with Crippen LogP contribution in [0.15, 0.2) is 12.1 Å². The number of nitrogen functional groups attached to an aromatic ring is 1. The van der Waals surface area contributed by atoms with E-state index in [0.717, 1.165) is 0 Å². The molecule has 0 aliphatic rings. The molecule has 1 aromatic carbocycles. The molecule has 2 rings (SSSR count). The summed E-state index contributed by atoms with van der Waals surface area (Å²) in [7, 11) is 0. The van der Waals surface area contributed by atoms with Crippen molar-refractivity contribution in [3.8, 4) is 0 Å². The zero-order valence-electron chi connectivity index (χ0n) is 10.5. The fourth-order valence-electron chi connectivity index (χ4n) is 1.67. The maximum Gasteiger partial charge on any atom is 0.332 e. The molecule has 0 unspecified atom stereocenters. The molecular weight excluding hydrogens is 291 g/mol. The fraction of sp³-hybridized carbons (Fsp3) is 0.0909. The molecule has 1 heterocycles. The number of aromatic nitrogens is 2. The minimum absolute atomic E-state index is 0.0766. The van der Waals surface area contributed by atoms with Crippen molar-refractivity contribution in [2.24, 2.45) is 0 Å². The molecule has 2 aromatic rings. The first-order valence-corrected chi connectivity index (χ1v) is 5.49. The van der Waals surface area contributed by atoms with Crippen molar-refractivity contribution in [1.29, 1.82) is 0 Å². The van der Waals surface area contributed by atoms with Gasteiger partial charge in [0.15, 0.2) is 11.6 Å². The third-order valence-corrected chi connectivity index (χ3v) is 2.50. The Morgan fingerprint density at radius 3 is 2.57 bits per heavy atom. The Hall–Kier alpha value is -2.91. The molecule has 0 aliphatic heterocycles. The Morgan fingerprint density at radius 2 is 1.95 bits per heavy atom. The van der Waals surface area contributed by atoms with Crippen molar-refractivity contribution in [3.05, 3.63) is 45.4 Å². The SMILES string of the molecule is Cc1nc(N)nc(Nc2cc(F)cc(F)c2F)c1[N+](=O)[O-]. The van der Waals surface area contributed by atoms with Crippen LogP contribution >= 0.6 is 0 Å². The smallest absolute Gasteiger partial charge is 0.332 e. The van der Waals surface area contributed by atoms with Crippen LogP contribution in [0.2, 0.25) is 0 Å². The summed E-state index contributed by atoms with van der Waals surface area (Å²) < 4.78 is 39.8. The number of nitro groups is 1. The van der Waals surface area contributed by atoms with E-state index in [1.54, 1.807) is 0 Å². The van der Waals surface area contributed by atoms with E-state index >= 15 is 0 Å². The van der Waals surface area contributed by atoms with Crippen LogP contribution in [-0.4, -0.2) is 14.9 Å². The second-order valence-electron chi connectivity index (χ2n) is 4.00. The van der Waals surface area contributed by atoms with Gasteiger partial charge < -0.3 is 11.1 Å². The lowest BCUT2D eigenvalue weighted by Crippen LogP contribution is -2.08. The van der Waals surface area contributed by atoms with E-state index in [0.29, 0.717) is 12.1 Å². The molecule has 21 heavy (non-hydrogen) atoms. The van der Waals surface area contributed by atoms with Gasteiger partial charge >= 0.3 is 5.69 Å². The van der Waals surface area contributed by atoms with E-state index in [2.05, 4.69) is 15.3 Å². The summed E-state index contributed by atoms with van der Waals surface area (Å²) in [4.78, 5) is 17.3. The molecule has 0 fully saturated rings. The van der Waals surface area contributed by atoms with Gasteiger partial charge in [0.2, 0.25) is 11.8 Å². The van der Waals surface area contributed by atoms with Crippen molar-refractivity contribution in [2.75, 3.05) is 11.1 Å². The third kappa shape index (κ3) is 2.83. The van der Waals surface area contributed by atoms with E-state index in [-0.39, 0.29) is 11.6 Å². The summed E-state index contributed by atoms with van der Waals surface area (Å²) in [6.07, 6.45) is 0. The second kappa shape index (κ2) is 5.23. The second-order valence-corrected chi connectivity index (χ2v) is 4.00. The Labute approximate surface area is 115 Å². The topological polar surface area (TPSA) is 107 Å². The third-order valence-electron chi connectivity index (χ3n) is 2.50. The highest BCUT2D eigenvalue weighted by molar-refractivity contribution is 5.68. The quantitative estimate of drug-likeness (QED) is 0.512. The molecule has 0 amide bonds. The minimum Gasteiger partial charge on any atom is -0.368 e. The highest BCUT2D eigenvalue weighted by Crippen LogP contribution is 2.30. The van der Waals surface area contributed by atoms with Gasteiger partial charge in [-0.1, -0.05) is 0 Å². The number of nitrogens with zero attached hydrogens (tertiary/aromatic N) is 3. The van der Waals surface area contributed by atoms with E-state index in [1.165, 1.54) is 6.92 Å². The summed E-state index contributed by atoms with van der Waals surface area (Å²) in [5.41, 5.74) is 4.06. The van der Waals surface area contributed by atoms with Crippen LogP contribution in [0.25, 0.3) is 0 Å². The van der Waals surface area contributed by atoms with E-state index < -0.39 is 39.6 Å². The Morgan fingerprint density at radius 1 is 1.29 bits per heavy atom. The van der Waals surface area contributed by atoms with Gasteiger partial charge in [-0.25, -0.2) is 18.2 Å². The van der Waals surface area contributed by atoms with Crippen LogP contribution in [0.3, 0.4) is 0 Å². The molecule has 10 heteroatoms. The van der Waals surface area contributed by atoms with Gasteiger partial charge in [-0.2, -0.15) is 4.98 Å². The van der Waals surface area contributed by atoms with E-state index in [1.807, 2.05) is 0 Å². The van der Waals surface area contributed by atoms with Gasteiger partial charge in [-0.05, 0) is 6.92 Å². The Balaban J connectivity index is 2.57. The Bertz CT molecular complexity index is 738. The van der Waals surface area contributed by atoms with Gasteiger partial charge in [0, 0.05) is 12.1 Å². The Kier molecular flexibility index (Phi) is 3.61. The largest absolute Gasteiger partial charge is 0.368 e. The number of rotatable bonds is 3. The monoisotopic (exact) mass is 299 g/mol. The number of anilines is 3. The van der Waals surface area contributed by atoms with Crippen molar-refractivity contribution in [3.63, 3.8) is 0 Å². The average molecular weight is 299 g/mol. The fourth-order valence-corrected chi connectivity index (χ4v) is 1.67. The molecular formula is C11H8F3N5O2. The van der Waals surface area contributed by atoms with Crippen LogP contribution in [0.1, 0.15) is 5.69 Å². The lowest BCUT2D eigenvalue weighted by atomic mass is 10.2. The van der Waals surface area contributed by atoms with Crippen molar-refractivity contribution < 1.29 is 18.1 Å². The number of nitrogens with one attached hydrogen (secondary N) is 1. The molecule has 0 saturated carbocycles. The van der Waals surface area contributed by atoms with Crippen LogP contribution in [-0.2, 0) is 0 Å². The number of hydrogen-bond acceptors (Lipinski definition) is 6. The number of aryl methyl sites for hydroxylation is 1. The van der Waals surface area contributed by atoms with Gasteiger partial charge in [0.25, 0.3) is 0 Å². The summed E-state index contributed by atoms with van der Waals surface area (Å²) in [5.74, 6) is -4.68. The molecule has 0 spiro atoms. The van der Waals surface area contributed by atoms with Crippen LogP contribution in [0.5, 0.6) is 0 Å². The minimum atomic E-state index is -1.45. The first-order valence-electron chi connectivity index (χ1n) is 5.49. The number of nitrogens with two attached hydrogens (primary N) is 1. The predicted octanol–water partition coefficient (Wildman–Crippen LogP) is 2.44. The summed E-state index contributed by atoms with van der Waals surface area (Å²) in [6, 6.07) is 0.976. The standard InChI is InChI=1S/C11H8F3N5O2/c1-4-9(19(20)21)10(18-11(15)16-4)17-7-3-5(12)2-6(13)8(7)14/h2-3H,1H3,(H3,15,16,17,18). The molecule has 1 aromatic heterocycles. The van der Waals surface area contributed by atoms with Crippen LogP contribution in [0.4, 0.5) is 36.3 Å². The number of halogens is 3. The number of benzene rings is 1. The van der Waals surface area contributed by atoms with Crippen molar-refractivity contribution >= 4 is 23.1 Å². The molecule has 0 aliphatic carbocycles. The van der Waals surface area contributed by atoms with Crippen LogP contribution in [0, 0.1) is 34.5 Å². The highest BCUT2D eigenvalue weighted by atomic mass is 19.2. The molecule has 7 nitrogen and oxygen atoms in total. The van der Waals surface area contributed by atoms with Gasteiger partial charge in [-0.3, -0.25) is 10.1 Å². The first-order chi connectivity index (χ1) is 9.79. The highest BCUT2D eigenvalue weighted by Gasteiger charge is 2.23. The number of hydrogen-bond donors (Lipinski definition) is 2. The van der Waals surface area contributed by atoms with Gasteiger partial charge in [-0.15, -0.1) is 0 Å². The van der Waals surface area contributed by atoms with Crippen LogP contribution < -0.4 is 11.1 Å². The predicted molar refractivity (Wildman–Crippen MR) is 67.4 cm³/mol. The first kappa shape index (κ1) is 14.5. The lowest BCUT2D eigenvalue weighted by molar-refractivity contribution is -0.385. The normalized spacial score (nSPS) is 10.5. The van der Waals surface area contributed by atoms with Gasteiger partial charge in [0.05, 0.1) is 10.6 Å². The summed E-state index contributed by atoms with van der Waals surface area (Å²) >= 11 is 0. The van der Waals surface area contributed by atoms with Gasteiger partial charge in [0.1, 0.15) is 11.5 Å². The zero-order chi connectivity index (χ0) is 15.7. The molecule has 0 bridgehead atoms. The lowest BCUT2D eigenvalue weighted by Gasteiger charge is -2.09. The molecule has 0 atom stereocenters. The zero-order valence-corrected chi connectivity index (χ0v) is 10.5. The van der Waals surface area contributed by atoms with E-state index in [4.69, 9.17) is 5.73 Å². The average Bonchev–Trinajstić information content (AvgIpc) is 2.33. The van der Waals surface area contributed by atoms with E-state index in [9.17, 15) is 23.3 Å². The van der Waals surface area contributed by atoms with Crippen molar-refractivity contribution in [2.45, 2.75) is 6.92 Å². The molecule has 0 saturated heterocycles. The summed E-state index contributed by atoms with van der Waals surface area (Å²) in [6.45, 7) is 1.30. The molecule has 0 radical (unpaired) electrons. The molecule has 3 N–H and O–H groups in total. The van der Waals surface area contributed by atoms with Crippen molar-refractivity contribution in [1.82, 2.24) is 9.97 Å². The summed E-state index contributed by atoms with van der Waals surface area (Å²) in [5, 5.41) is 13.1. The maximum atomic E-state index is 13.6. The maximum absolute atomic E-state index is 13.6. The molecule has 110 valence electrons.